The highest BCUT2D eigenvalue weighted by Gasteiger charge is 2.36. The quantitative estimate of drug-likeness (QED) is 0.538. The van der Waals surface area contributed by atoms with Gasteiger partial charge in [-0.3, -0.25) is 14.4 Å². The first-order valence-electron chi connectivity index (χ1n) is 11.6. The summed E-state index contributed by atoms with van der Waals surface area (Å²) in [4.78, 5) is 40.5. The first-order chi connectivity index (χ1) is 17.7. The number of rotatable bonds is 6. The molecule has 3 aromatic carbocycles. The molecule has 10 heteroatoms. The molecule has 1 aliphatic rings. The lowest BCUT2D eigenvalue weighted by molar-refractivity contribution is -0.138. The summed E-state index contributed by atoms with van der Waals surface area (Å²) in [7, 11) is 0. The second-order valence-corrected chi connectivity index (χ2v) is 8.34. The van der Waals surface area contributed by atoms with Crippen molar-refractivity contribution in [2.45, 2.75) is 6.18 Å². The number of halogens is 3. The van der Waals surface area contributed by atoms with Gasteiger partial charge in [0.05, 0.1) is 17.7 Å². The summed E-state index contributed by atoms with van der Waals surface area (Å²) in [5.74, 6) is -0.286. The smallest absolute Gasteiger partial charge is 0.417 e. The molecule has 4 rings (SSSR count). The summed E-state index contributed by atoms with van der Waals surface area (Å²) in [5.41, 5.74) is -1.05. The van der Waals surface area contributed by atoms with E-state index in [-0.39, 0.29) is 38.6 Å². The first kappa shape index (κ1) is 25.7. The van der Waals surface area contributed by atoms with Gasteiger partial charge < -0.3 is 19.9 Å². The Hall–Kier alpha value is -4.34. The zero-order chi connectivity index (χ0) is 26.4. The van der Waals surface area contributed by atoms with E-state index in [1.165, 1.54) is 21.9 Å². The Bertz CT molecular complexity index is 1260. The molecule has 0 aromatic heterocycles. The van der Waals surface area contributed by atoms with E-state index in [2.05, 4.69) is 5.32 Å². The van der Waals surface area contributed by atoms with Gasteiger partial charge in [-0.15, -0.1) is 0 Å². The average molecular weight is 512 g/mol. The Morgan fingerprint density at radius 2 is 1.32 bits per heavy atom. The lowest BCUT2D eigenvalue weighted by Gasteiger charge is -2.35. The maximum absolute atomic E-state index is 13.3. The summed E-state index contributed by atoms with van der Waals surface area (Å²) in [6.45, 7) is 0.243. The minimum Gasteiger partial charge on any atom is -0.457 e. The van der Waals surface area contributed by atoms with Crippen LogP contribution in [-0.4, -0.2) is 60.2 Å². The number of hydrogen-bond donors (Lipinski definition) is 1. The number of amides is 3. The third-order valence-corrected chi connectivity index (χ3v) is 5.88. The predicted octanol–water partition coefficient (Wildman–Crippen LogP) is 4.21. The molecule has 0 unspecified atom stereocenters. The molecule has 1 aliphatic heterocycles. The van der Waals surface area contributed by atoms with Crippen molar-refractivity contribution in [2.75, 3.05) is 32.7 Å². The third-order valence-electron chi connectivity index (χ3n) is 5.88. The Kier molecular flexibility index (Phi) is 7.76. The van der Waals surface area contributed by atoms with Crippen LogP contribution < -0.4 is 10.1 Å². The highest BCUT2D eigenvalue weighted by Crippen LogP contribution is 2.32. The van der Waals surface area contributed by atoms with Gasteiger partial charge in [-0.25, -0.2) is 0 Å². The summed E-state index contributed by atoms with van der Waals surface area (Å²) in [6.07, 6.45) is -4.64. The Morgan fingerprint density at radius 1 is 0.757 bits per heavy atom. The number of nitrogens with one attached hydrogen (secondary N) is 1. The molecule has 3 amide bonds. The molecule has 0 saturated carbocycles. The van der Waals surface area contributed by atoms with Crippen LogP contribution in [0, 0.1) is 0 Å². The minimum absolute atomic E-state index is 0.0909. The van der Waals surface area contributed by atoms with Gasteiger partial charge in [0.15, 0.2) is 0 Å². The van der Waals surface area contributed by atoms with Crippen molar-refractivity contribution < 1.29 is 32.3 Å². The summed E-state index contributed by atoms with van der Waals surface area (Å²) >= 11 is 0. The zero-order valence-electron chi connectivity index (χ0n) is 19.7. The van der Waals surface area contributed by atoms with Crippen LogP contribution in [0.25, 0.3) is 0 Å². The first-order valence-corrected chi connectivity index (χ1v) is 11.6. The number of para-hydroxylation sites is 1. The largest absolute Gasteiger partial charge is 0.457 e. The molecule has 192 valence electrons. The van der Waals surface area contributed by atoms with Gasteiger partial charge in [0, 0.05) is 31.7 Å². The van der Waals surface area contributed by atoms with Crippen LogP contribution in [0.1, 0.15) is 26.3 Å². The van der Waals surface area contributed by atoms with E-state index in [0.717, 1.165) is 12.1 Å². The monoisotopic (exact) mass is 511 g/mol. The zero-order valence-corrected chi connectivity index (χ0v) is 19.7. The fraction of sp³-hybridized carbons (Fsp3) is 0.222. The third kappa shape index (κ3) is 6.46. The molecule has 37 heavy (non-hydrogen) atoms. The van der Waals surface area contributed by atoms with E-state index in [4.69, 9.17) is 4.74 Å². The molecule has 3 aromatic rings. The van der Waals surface area contributed by atoms with Crippen LogP contribution >= 0.6 is 0 Å². The minimum atomic E-state index is -4.64. The molecule has 0 radical (unpaired) electrons. The van der Waals surface area contributed by atoms with Crippen molar-refractivity contribution in [2.24, 2.45) is 0 Å². The molecule has 1 heterocycles. The topological polar surface area (TPSA) is 79.0 Å². The van der Waals surface area contributed by atoms with Gasteiger partial charge in [0.25, 0.3) is 11.8 Å². The highest BCUT2D eigenvalue weighted by molar-refractivity contribution is 5.97. The van der Waals surface area contributed by atoms with Gasteiger partial charge >= 0.3 is 6.18 Å². The standard InChI is InChI=1S/C27H24F3N3O4/c28-27(29,30)23-9-5-4-8-22(23)26(36)33-16-14-32(15-17-33)24(34)18-31-25(35)19-10-12-21(13-11-19)37-20-6-2-1-3-7-20/h1-13H,14-18H2,(H,31,35). The number of nitrogens with zero attached hydrogens (tertiary/aromatic N) is 2. The Morgan fingerprint density at radius 3 is 1.97 bits per heavy atom. The van der Waals surface area contributed by atoms with Crippen molar-refractivity contribution in [1.82, 2.24) is 15.1 Å². The summed E-state index contributed by atoms with van der Waals surface area (Å²) < 4.78 is 45.5. The molecule has 0 aliphatic carbocycles. The van der Waals surface area contributed by atoms with Crippen LogP contribution in [0.15, 0.2) is 78.9 Å². The summed E-state index contributed by atoms with van der Waals surface area (Å²) in [6, 6.07) is 20.3. The van der Waals surface area contributed by atoms with E-state index in [9.17, 15) is 27.6 Å². The van der Waals surface area contributed by atoms with Crippen molar-refractivity contribution in [3.63, 3.8) is 0 Å². The lowest BCUT2D eigenvalue weighted by Crippen LogP contribution is -2.52. The molecule has 0 atom stereocenters. The maximum atomic E-state index is 13.3. The molecule has 0 bridgehead atoms. The number of ether oxygens (including phenoxy) is 1. The number of carbonyl (C=O) groups excluding carboxylic acids is 3. The van der Waals surface area contributed by atoms with Gasteiger partial charge in [0.1, 0.15) is 11.5 Å². The summed E-state index contributed by atoms with van der Waals surface area (Å²) in [5, 5.41) is 2.57. The van der Waals surface area contributed by atoms with Crippen molar-refractivity contribution in [3.05, 3.63) is 95.6 Å². The molecular weight excluding hydrogens is 487 g/mol. The SMILES string of the molecule is O=C(NCC(=O)N1CCN(C(=O)c2ccccc2C(F)(F)F)CC1)c1ccc(Oc2ccccc2)cc1. The molecular formula is C27H24F3N3O4. The van der Waals surface area contributed by atoms with Crippen LogP contribution in [-0.2, 0) is 11.0 Å². The average Bonchev–Trinajstić information content (AvgIpc) is 2.92. The number of carbonyl (C=O) groups is 3. The number of piperazine rings is 1. The second kappa shape index (κ2) is 11.2. The number of hydrogen-bond acceptors (Lipinski definition) is 4. The van der Waals surface area contributed by atoms with E-state index >= 15 is 0 Å². The Labute approximate surface area is 211 Å². The predicted molar refractivity (Wildman–Crippen MR) is 129 cm³/mol. The fourth-order valence-corrected chi connectivity index (χ4v) is 3.91. The van der Waals surface area contributed by atoms with Gasteiger partial charge in [-0.2, -0.15) is 13.2 Å². The van der Waals surface area contributed by atoms with E-state index in [0.29, 0.717) is 17.1 Å². The molecule has 1 saturated heterocycles. The van der Waals surface area contributed by atoms with E-state index in [1.807, 2.05) is 30.3 Å². The fourth-order valence-electron chi connectivity index (χ4n) is 3.91. The number of benzene rings is 3. The molecule has 7 nitrogen and oxygen atoms in total. The van der Waals surface area contributed by atoms with Crippen molar-refractivity contribution >= 4 is 17.7 Å². The van der Waals surface area contributed by atoms with E-state index in [1.54, 1.807) is 24.3 Å². The van der Waals surface area contributed by atoms with Crippen molar-refractivity contribution in [1.29, 1.82) is 0 Å². The lowest BCUT2D eigenvalue weighted by atomic mass is 10.1. The Balaban J connectivity index is 1.26. The van der Waals surface area contributed by atoms with Crippen LogP contribution in [0.5, 0.6) is 11.5 Å². The van der Waals surface area contributed by atoms with E-state index < -0.39 is 29.1 Å². The maximum Gasteiger partial charge on any atom is 0.417 e. The normalized spacial score (nSPS) is 13.7. The molecule has 0 spiro atoms. The van der Waals surface area contributed by atoms with Crippen LogP contribution in [0.2, 0.25) is 0 Å². The van der Waals surface area contributed by atoms with Crippen molar-refractivity contribution in [3.8, 4) is 11.5 Å². The second-order valence-electron chi connectivity index (χ2n) is 8.34. The highest BCUT2D eigenvalue weighted by atomic mass is 19.4. The van der Waals surface area contributed by atoms with Gasteiger partial charge in [0.2, 0.25) is 5.91 Å². The van der Waals surface area contributed by atoms with Crippen LogP contribution in [0.4, 0.5) is 13.2 Å². The molecule has 1 N–H and O–H groups in total. The van der Waals surface area contributed by atoms with Gasteiger partial charge in [-0.1, -0.05) is 30.3 Å². The molecule has 1 fully saturated rings. The van der Waals surface area contributed by atoms with Gasteiger partial charge in [-0.05, 0) is 48.5 Å². The number of alkyl halides is 3. The van der Waals surface area contributed by atoms with Crippen LogP contribution in [0.3, 0.4) is 0 Å².